The summed E-state index contributed by atoms with van der Waals surface area (Å²) < 4.78 is 10.3. The molecule has 1 rings (SSSR count). The average molecular weight is 425 g/mol. The van der Waals surface area contributed by atoms with Crippen LogP contribution in [0.3, 0.4) is 0 Å². The van der Waals surface area contributed by atoms with E-state index >= 15 is 0 Å². The summed E-state index contributed by atoms with van der Waals surface area (Å²) in [6, 6.07) is 7.47. The Labute approximate surface area is 181 Å². The highest BCUT2D eigenvalue weighted by Gasteiger charge is 2.09. The van der Waals surface area contributed by atoms with Gasteiger partial charge in [0.1, 0.15) is 0 Å². The van der Waals surface area contributed by atoms with E-state index in [-0.39, 0.29) is 31.4 Å². The van der Waals surface area contributed by atoms with Crippen LogP contribution in [-0.4, -0.2) is 25.2 Å². The maximum absolute atomic E-state index is 11.7. The minimum Gasteiger partial charge on any atom is -0.466 e. The zero-order chi connectivity index (χ0) is 21.2. The average Bonchev–Trinajstić information content (AvgIpc) is 2.72. The third-order valence-electron chi connectivity index (χ3n) is 4.89. The van der Waals surface area contributed by atoms with Gasteiger partial charge in [0.05, 0.1) is 26.1 Å². The third-order valence-corrected chi connectivity index (χ3v) is 5.26. The molecule has 0 N–H and O–H groups in total. The molecule has 1 aromatic carbocycles. The van der Waals surface area contributed by atoms with Crippen LogP contribution in [0, 0.1) is 0 Å². The summed E-state index contributed by atoms with van der Waals surface area (Å²) >= 11 is 6.06. The molecule has 0 spiro atoms. The summed E-state index contributed by atoms with van der Waals surface area (Å²) in [6.07, 6.45) is 13.1. The first kappa shape index (κ1) is 25.5. The first-order valence-electron chi connectivity index (χ1n) is 11.2. The lowest BCUT2D eigenvalue weighted by Gasteiger charge is -2.07. The van der Waals surface area contributed by atoms with E-state index in [0.717, 1.165) is 18.4 Å². The van der Waals surface area contributed by atoms with E-state index in [0.29, 0.717) is 18.1 Å². The Morgan fingerprint density at radius 3 is 1.86 bits per heavy atom. The molecule has 0 aliphatic heterocycles. The number of unbranched alkanes of at least 4 members (excludes halogenated alkanes) is 9. The highest BCUT2D eigenvalue weighted by Crippen LogP contribution is 2.15. The van der Waals surface area contributed by atoms with Gasteiger partial charge in [-0.2, -0.15) is 0 Å². The second-order valence-electron chi connectivity index (χ2n) is 7.46. The smallest absolute Gasteiger partial charge is 0.306 e. The van der Waals surface area contributed by atoms with Crippen molar-refractivity contribution >= 4 is 23.5 Å². The Kier molecular flexibility index (Phi) is 15.2. The molecule has 0 unspecified atom stereocenters. The third kappa shape index (κ3) is 14.1. The lowest BCUT2D eigenvalue weighted by molar-refractivity contribution is -0.150. The summed E-state index contributed by atoms with van der Waals surface area (Å²) in [7, 11) is 0. The fourth-order valence-corrected chi connectivity index (χ4v) is 3.33. The largest absolute Gasteiger partial charge is 0.466 e. The second-order valence-corrected chi connectivity index (χ2v) is 7.87. The Morgan fingerprint density at radius 1 is 0.759 bits per heavy atom. The van der Waals surface area contributed by atoms with E-state index in [1.54, 1.807) is 0 Å². The van der Waals surface area contributed by atoms with E-state index in [1.807, 2.05) is 24.3 Å². The number of carbonyl (C=O) groups is 2. The molecular formula is C24H37ClO4. The molecule has 0 aliphatic carbocycles. The fraction of sp³-hybridized carbons (Fsp3) is 0.667. The van der Waals surface area contributed by atoms with E-state index < -0.39 is 0 Å². The number of hydrogen-bond acceptors (Lipinski definition) is 4. The Hall–Kier alpha value is -1.55. The molecule has 0 amide bonds. The number of halogens is 1. The quantitative estimate of drug-likeness (QED) is 0.207. The highest BCUT2D eigenvalue weighted by atomic mass is 35.5. The molecule has 0 saturated carbocycles. The molecule has 29 heavy (non-hydrogen) atoms. The minimum absolute atomic E-state index is 0.0549. The molecule has 0 fully saturated rings. The van der Waals surface area contributed by atoms with Crippen LogP contribution in [0.15, 0.2) is 24.3 Å². The van der Waals surface area contributed by atoms with Crippen molar-refractivity contribution in [3.8, 4) is 0 Å². The second kappa shape index (κ2) is 17.3. The number of rotatable bonds is 17. The van der Waals surface area contributed by atoms with Crippen LogP contribution in [0.25, 0.3) is 0 Å². The molecule has 0 bridgehead atoms. The van der Waals surface area contributed by atoms with E-state index in [2.05, 4.69) is 6.92 Å². The topological polar surface area (TPSA) is 52.6 Å². The zero-order valence-electron chi connectivity index (χ0n) is 17.9. The van der Waals surface area contributed by atoms with Crippen molar-refractivity contribution < 1.29 is 19.1 Å². The van der Waals surface area contributed by atoms with Crippen LogP contribution < -0.4 is 0 Å². The van der Waals surface area contributed by atoms with Crippen LogP contribution in [0.2, 0.25) is 5.02 Å². The van der Waals surface area contributed by atoms with Gasteiger partial charge in [-0.3, -0.25) is 9.59 Å². The van der Waals surface area contributed by atoms with E-state index in [4.69, 9.17) is 21.1 Å². The van der Waals surface area contributed by atoms with Gasteiger partial charge < -0.3 is 9.47 Å². The molecule has 0 aliphatic rings. The van der Waals surface area contributed by atoms with Gasteiger partial charge in [-0.25, -0.2) is 0 Å². The van der Waals surface area contributed by atoms with E-state index in [1.165, 1.54) is 51.4 Å². The van der Waals surface area contributed by atoms with Gasteiger partial charge in [-0.15, -0.1) is 0 Å². The molecule has 4 nitrogen and oxygen atoms in total. The summed E-state index contributed by atoms with van der Waals surface area (Å²) in [5, 5.41) is 0.666. The zero-order valence-corrected chi connectivity index (χ0v) is 18.7. The minimum atomic E-state index is -0.382. The maximum atomic E-state index is 11.7. The molecule has 0 heterocycles. The summed E-state index contributed by atoms with van der Waals surface area (Å²) in [4.78, 5) is 23.4. The number of hydrogen-bond donors (Lipinski definition) is 0. The van der Waals surface area contributed by atoms with E-state index in [9.17, 15) is 9.59 Å². The first-order valence-corrected chi connectivity index (χ1v) is 11.6. The summed E-state index contributed by atoms with van der Waals surface area (Å²) in [5.41, 5.74) is 0.942. The predicted molar refractivity (Wildman–Crippen MR) is 118 cm³/mol. The summed E-state index contributed by atoms with van der Waals surface area (Å²) in [6.45, 7) is 2.94. The van der Waals surface area contributed by atoms with Crippen molar-refractivity contribution in [1.82, 2.24) is 0 Å². The number of esters is 2. The standard InChI is InChI=1S/C24H37ClO4/c1-2-3-4-5-6-7-8-9-10-13-19-28-23(26)16-17-24(27)29-20-18-21-14-11-12-15-22(21)25/h11-12,14-15H,2-10,13,16-20H2,1H3. The Morgan fingerprint density at radius 2 is 1.28 bits per heavy atom. The van der Waals surface area contributed by atoms with Crippen LogP contribution in [0.1, 0.15) is 89.5 Å². The van der Waals surface area contributed by atoms with Crippen LogP contribution >= 0.6 is 11.6 Å². The molecule has 164 valence electrons. The van der Waals surface area contributed by atoms with Gasteiger partial charge in [0.25, 0.3) is 0 Å². The highest BCUT2D eigenvalue weighted by molar-refractivity contribution is 6.31. The summed E-state index contributed by atoms with van der Waals surface area (Å²) in [5.74, 6) is -0.711. The number of ether oxygens (including phenoxy) is 2. The lowest BCUT2D eigenvalue weighted by atomic mass is 10.1. The Balaban J connectivity index is 1.92. The molecule has 0 saturated heterocycles. The van der Waals surface area contributed by atoms with Gasteiger partial charge >= 0.3 is 11.9 Å². The molecule has 0 atom stereocenters. The van der Waals surface area contributed by atoms with Crippen molar-refractivity contribution in [1.29, 1.82) is 0 Å². The lowest BCUT2D eigenvalue weighted by Crippen LogP contribution is -2.12. The van der Waals surface area contributed by atoms with Gasteiger partial charge in [0.15, 0.2) is 0 Å². The number of carbonyl (C=O) groups excluding carboxylic acids is 2. The predicted octanol–water partition coefficient (Wildman–Crippen LogP) is 6.67. The maximum Gasteiger partial charge on any atom is 0.306 e. The SMILES string of the molecule is CCCCCCCCCCCCOC(=O)CCC(=O)OCCc1ccccc1Cl. The van der Waals surface area contributed by atoms with Crippen molar-refractivity contribution in [3.63, 3.8) is 0 Å². The van der Waals surface area contributed by atoms with Gasteiger partial charge in [-0.1, -0.05) is 94.5 Å². The molecule has 1 aromatic rings. The number of benzene rings is 1. The monoisotopic (exact) mass is 424 g/mol. The fourth-order valence-electron chi connectivity index (χ4n) is 3.10. The van der Waals surface area contributed by atoms with Gasteiger partial charge in [-0.05, 0) is 18.1 Å². The molecule has 5 heteroatoms. The normalized spacial score (nSPS) is 10.7. The van der Waals surface area contributed by atoms with Crippen molar-refractivity contribution in [2.24, 2.45) is 0 Å². The van der Waals surface area contributed by atoms with Crippen LogP contribution in [-0.2, 0) is 25.5 Å². The van der Waals surface area contributed by atoms with Crippen molar-refractivity contribution in [3.05, 3.63) is 34.9 Å². The van der Waals surface area contributed by atoms with Crippen molar-refractivity contribution in [2.75, 3.05) is 13.2 Å². The van der Waals surface area contributed by atoms with Crippen molar-refractivity contribution in [2.45, 2.75) is 90.4 Å². The molecule has 0 radical (unpaired) electrons. The first-order chi connectivity index (χ1) is 14.1. The van der Waals surface area contributed by atoms with Gasteiger partial charge in [0.2, 0.25) is 0 Å². The molecular weight excluding hydrogens is 388 g/mol. The van der Waals surface area contributed by atoms with Crippen LogP contribution in [0.5, 0.6) is 0 Å². The molecule has 0 aromatic heterocycles. The van der Waals surface area contributed by atoms with Crippen LogP contribution in [0.4, 0.5) is 0 Å². The Bertz CT molecular complexity index is 574. The van der Waals surface area contributed by atoms with Gasteiger partial charge in [0, 0.05) is 11.4 Å².